The number of fused-ring (bicyclic) bond motifs is 3. The summed E-state index contributed by atoms with van der Waals surface area (Å²) in [7, 11) is 0. The highest BCUT2D eigenvalue weighted by Crippen LogP contribution is 2.41. The molecule has 2 aromatic carbocycles. The molecule has 0 radical (unpaired) electrons. The van der Waals surface area contributed by atoms with Crippen molar-refractivity contribution in [1.82, 2.24) is 0 Å². The van der Waals surface area contributed by atoms with Gasteiger partial charge in [0, 0.05) is 0 Å². The quantitative estimate of drug-likeness (QED) is 0.739. The Morgan fingerprint density at radius 1 is 1.04 bits per heavy atom. The van der Waals surface area contributed by atoms with Crippen molar-refractivity contribution in [2.45, 2.75) is 18.4 Å². The Bertz CT molecular complexity index is 914. The lowest BCUT2D eigenvalue weighted by Gasteiger charge is -2.37. The van der Waals surface area contributed by atoms with Gasteiger partial charge in [-0.15, -0.1) is 0 Å². The molecule has 4 heteroatoms. The van der Waals surface area contributed by atoms with Crippen molar-refractivity contribution < 1.29 is 14.3 Å². The largest absolute Gasteiger partial charge is 0.479 e. The van der Waals surface area contributed by atoms with E-state index in [2.05, 4.69) is 0 Å². The number of aliphatic hydroxyl groups is 1. The summed E-state index contributed by atoms with van der Waals surface area (Å²) >= 11 is 0. The first-order valence-electron chi connectivity index (χ1n) is 7.64. The van der Waals surface area contributed by atoms with Crippen molar-refractivity contribution in [3.63, 3.8) is 0 Å². The highest BCUT2D eigenvalue weighted by molar-refractivity contribution is 5.84. The highest BCUT2D eigenvalue weighted by Gasteiger charge is 2.39. The van der Waals surface area contributed by atoms with Crippen LogP contribution in [0.3, 0.4) is 0 Å². The van der Waals surface area contributed by atoms with E-state index in [1.54, 1.807) is 6.07 Å². The van der Waals surface area contributed by atoms with Gasteiger partial charge < -0.3 is 14.3 Å². The molecule has 4 nitrogen and oxygen atoms in total. The lowest BCUT2D eigenvalue weighted by Crippen LogP contribution is -2.41. The number of para-hydroxylation sites is 1. The predicted molar refractivity (Wildman–Crippen MR) is 86.6 cm³/mol. The Morgan fingerprint density at radius 2 is 1.78 bits per heavy atom. The van der Waals surface area contributed by atoms with Gasteiger partial charge in [0.25, 0.3) is 0 Å². The monoisotopic (exact) mass is 308 g/mol. The van der Waals surface area contributed by atoms with E-state index in [0.29, 0.717) is 29.7 Å². The van der Waals surface area contributed by atoms with E-state index in [9.17, 15) is 9.90 Å². The van der Waals surface area contributed by atoms with Crippen LogP contribution in [-0.4, -0.2) is 11.7 Å². The molecule has 1 atom stereocenters. The molecule has 1 aromatic heterocycles. The lowest BCUT2D eigenvalue weighted by molar-refractivity contribution is -0.0116. The van der Waals surface area contributed by atoms with Crippen LogP contribution in [0.25, 0.3) is 11.0 Å². The Hall–Kier alpha value is -2.59. The van der Waals surface area contributed by atoms with E-state index in [1.807, 2.05) is 48.5 Å². The van der Waals surface area contributed by atoms with Crippen LogP contribution in [0.15, 0.2) is 63.8 Å². The first-order chi connectivity index (χ1) is 11.2. The molecule has 1 N–H and O–H groups in total. The number of hydrogen-bond donors (Lipinski definition) is 1. The fourth-order valence-corrected chi connectivity index (χ4v) is 3.21. The van der Waals surface area contributed by atoms with Crippen LogP contribution in [0.1, 0.15) is 17.5 Å². The summed E-state index contributed by atoms with van der Waals surface area (Å²) in [6.07, 6.45) is 1.04. The average Bonchev–Trinajstić information content (AvgIpc) is 2.62. The van der Waals surface area contributed by atoms with Crippen molar-refractivity contribution in [3.05, 3.63) is 76.1 Å². The van der Waals surface area contributed by atoms with E-state index in [0.717, 1.165) is 10.9 Å². The van der Waals surface area contributed by atoms with Gasteiger partial charge in [-0.05, 0) is 30.5 Å². The normalized spacial score (nSPS) is 20.0. The van der Waals surface area contributed by atoms with E-state index in [1.165, 1.54) is 0 Å². The van der Waals surface area contributed by atoms with Gasteiger partial charge in [-0.3, -0.25) is 0 Å². The molecule has 0 spiro atoms. The molecule has 1 unspecified atom stereocenters. The van der Waals surface area contributed by atoms with Crippen molar-refractivity contribution in [2.75, 3.05) is 6.61 Å². The molecule has 0 saturated carbocycles. The van der Waals surface area contributed by atoms with Gasteiger partial charge >= 0.3 is 5.63 Å². The third kappa shape index (κ3) is 2.14. The van der Waals surface area contributed by atoms with Crippen molar-refractivity contribution in [3.8, 4) is 5.75 Å². The summed E-state index contributed by atoms with van der Waals surface area (Å²) in [6, 6.07) is 17.0. The molecule has 0 fully saturated rings. The van der Waals surface area contributed by atoms with Crippen LogP contribution >= 0.6 is 0 Å². The van der Waals surface area contributed by atoms with Crippen LogP contribution in [0, 0.1) is 0 Å². The van der Waals surface area contributed by atoms with Crippen molar-refractivity contribution in [1.29, 1.82) is 0 Å². The first-order valence-corrected chi connectivity index (χ1v) is 7.64. The van der Waals surface area contributed by atoms with Crippen LogP contribution in [0.5, 0.6) is 5.75 Å². The molecule has 116 valence electrons. The number of ether oxygens (including phenoxy) is 1. The smallest absolute Gasteiger partial charge is 0.343 e. The standard InChI is InChI=1S/C19H16O4/c20-12-19(13-6-2-1-3-7-13)11-10-15-17(23-19)14-8-4-5-9-16(14)22-18(15)21/h1-9,20H,10-12H2. The van der Waals surface area contributed by atoms with Gasteiger partial charge in [-0.25, -0.2) is 4.79 Å². The lowest BCUT2D eigenvalue weighted by atomic mass is 9.85. The molecule has 1 aliphatic heterocycles. The van der Waals surface area contributed by atoms with E-state index < -0.39 is 5.60 Å². The van der Waals surface area contributed by atoms with E-state index >= 15 is 0 Å². The zero-order valence-corrected chi connectivity index (χ0v) is 12.5. The summed E-state index contributed by atoms with van der Waals surface area (Å²) in [5.41, 5.74) is 0.760. The average molecular weight is 308 g/mol. The summed E-state index contributed by atoms with van der Waals surface area (Å²) in [5.74, 6) is 0.529. The summed E-state index contributed by atoms with van der Waals surface area (Å²) in [5, 5.41) is 10.8. The maximum absolute atomic E-state index is 12.2. The Kier molecular flexibility index (Phi) is 3.20. The number of hydrogen-bond acceptors (Lipinski definition) is 4. The molecule has 23 heavy (non-hydrogen) atoms. The Labute approximate surface area is 132 Å². The predicted octanol–water partition coefficient (Wildman–Crippen LogP) is 3.01. The molecule has 0 amide bonds. The molecule has 4 rings (SSSR count). The fraction of sp³-hybridized carbons (Fsp3) is 0.211. The second-order valence-corrected chi connectivity index (χ2v) is 5.81. The molecule has 0 bridgehead atoms. The van der Waals surface area contributed by atoms with Gasteiger partial charge in [0.2, 0.25) is 0 Å². The third-order valence-electron chi connectivity index (χ3n) is 4.49. The minimum absolute atomic E-state index is 0.148. The van der Waals surface area contributed by atoms with E-state index in [-0.39, 0.29) is 12.2 Å². The molecule has 0 saturated heterocycles. The fourth-order valence-electron chi connectivity index (χ4n) is 3.21. The number of rotatable bonds is 2. The summed E-state index contributed by atoms with van der Waals surface area (Å²) in [4.78, 5) is 12.2. The van der Waals surface area contributed by atoms with Gasteiger partial charge in [0.1, 0.15) is 11.3 Å². The highest BCUT2D eigenvalue weighted by atomic mass is 16.5. The summed E-state index contributed by atoms with van der Waals surface area (Å²) in [6.45, 7) is -0.148. The topological polar surface area (TPSA) is 59.7 Å². The Balaban J connectivity index is 1.93. The number of aliphatic hydroxyl groups excluding tert-OH is 1. The second-order valence-electron chi connectivity index (χ2n) is 5.81. The van der Waals surface area contributed by atoms with Crippen LogP contribution in [0.2, 0.25) is 0 Å². The molecular weight excluding hydrogens is 292 g/mol. The SMILES string of the molecule is O=c1oc2ccccc2c2c1CCC(CO)(c1ccccc1)O2. The molecule has 0 aliphatic carbocycles. The zero-order valence-electron chi connectivity index (χ0n) is 12.5. The second kappa shape index (κ2) is 5.25. The molecular formula is C19H16O4. The molecule has 1 aliphatic rings. The minimum atomic E-state index is -0.829. The van der Waals surface area contributed by atoms with Gasteiger partial charge in [0.15, 0.2) is 5.60 Å². The van der Waals surface area contributed by atoms with Crippen LogP contribution in [-0.2, 0) is 12.0 Å². The van der Waals surface area contributed by atoms with Crippen molar-refractivity contribution >= 4 is 11.0 Å². The third-order valence-corrected chi connectivity index (χ3v) is 4.49. The molecule has 3 aromatic rings. The van der Waals surface area contributed by atoms with Gasteiger partial charge in [-0.1, -0.05) is 42.5 Å². The minimum Gasteiger partial charge on any atom is -0.479 e. The van der Waals surface area contributed by atoms with Crippen molar-refractivity contribution in [2.24, 2.45) is 0 Å². The molecule has 2 heterocycles. The first kappa shape index (κ1) is 14.0. The van der Waals surface area contributed by atoms with Gasteiger partial charge in [-0.2, -0.15) is 0 Å². The Morgan fingerprint density at radius 3 is 2.57 bits per heavy atom. The zero-order chi connectivity index (χ0) is 15.9. The van der Waals surface area contributed by atoms with E-state index in [4.69, 9.17) is 9.15 Å². The van der Waals surface area contributed by atoms with Gasteiger partial charge in [0.05, 0.1) is 17.6 Å². The van der Waals surface area contributed by atoms with Crippen LogP contribution < -0.4 is 10.4 Å². The maximum atomic E-state index is 12.2. The maximum Gasteiger partial charge on any atom is 0.343 e. The van der Waals surface area contributed by atoms with Crippen LogP contribution in [0.4, 0.5) is 0 Å². The number of benzene rings is 2. The summed E-state index contributed by atoms with van der Waals surface area (Å²) < 4.78 is 11.6.